The largest absolute Gasteiger partial charge is 0.375 e. The van der Waals surface area contributed by atoms with Gasteiger partial charge in [0, 0.05) is 48.9 Å². The maximum atomic E-state index is 12.5. The molecule has 2 N–H and O–H groups in total. The van der Waals surface area contributed by atoms with E-state index in [-0.39, 0.29) is 5.91 Å². The van der Waals surface area contributed by atoms with Crippen LogP contribution in [0.2, 0.25) is 0 Å². The highest BCUT2D eigenvalue weighted by atomic mass is 32.1. The molecule has 1 aliphatic rings. The molecule has 4 heterocycles. The zero-order valence-electron chi connectivity index (χ0n) is 18.8. The van der Waals surface area contributed by atoms with Gasteiger partial charge in [0.2, 0.25) is 5.95 Å². The van der Waals surface area contributed by atoms with Gasteiger partial charge in [-0.3, -0.25) is 4.79 Å². The van der Waals surface area contributed by atoms with Crippen LogP contribution in [0.4, 0.5) is 11.8 Å². The Labute approximate surface area is 200 Å². The van der Waals surface area contributed by atoms with E-state index in [2.05, 4.69) is 25.3 Å². The summed E-state index contributed by atoms with van der Waals surface area (Å²) in [6.45, 7) is 2.56. The van der Waals surface area contributed by atoms with E-state index in [1.165, 1.54) is 17.7 Å². The van der Waals surface area contributed by atoms with Crippen LogP contribution >= 0.6 is 11.3 Å². The summed E-state index contributed by atoms with van der Waals surface area (Å²) in [5.74, 6) is 0.769. The maximum absolute atomic E-state index is 12.5. The lowest BCUT2D eigenvalue weighted by molar-refractivity contribution is -0.143. The summed E-state index contributed by atoms with van der Waals surface area (Å²) in [7, 11) is 1.70. The van der Waals surface area contributed by atoms with Gasteiger partial charge in [0.1, 0.15) is 22.8 Å². The number of carbonyl (C=O) groups is 1. The van der Waals surface area contributed by atoms with Crippen LogP contribution in [0.3, 0.4) is 0 Å². The standard InChI is InChI=1S/C24H23N7O2S/c1-3-17-12-20(27-14-26-17)30-23-25-9-7-18(29-23)19-13-34-21(28-19)15-5-4-6-16(11-15)24(33)8-10-31(2)22(24)32/h4-7,9,11-14,33H,3,8,10H2,1-2H3,(H,25,26,27,29,30)/t24-/m1/s1. The molecule has 0 unspecified atom stereocenters. The average molecular weight is 474 g/mol. The van der Waals surface area contributed by atoms with Crippen LogP contribution in [0.15, 0.2) is 54.3 Å². The number of nitrogens with zero attached hydrogens (tertiary/aromatic N) is 6. The number of aromatic nitrogens is 5. The van der Waals surface area contributed by atoms with Gasteiger partial charge < -0.3 is 15.3 Å². The molecule has 172 valence electrons. The number of anilines is 2. The fraction of sp³-hybridized carbons (Fsp3) is 0.250. The lowest BCUT2D eigenvalue weighted by atomic mass is 9.91. The van der Waals surface area contributed by atoms with Crippen molar-refractivity contribution in [2.24, 2.45) is 0 Å². The number of nitrogens with one attached hydrogen (secondary N) is 1. The Morgan fingerprint density at radius 3 is 2.82 bits per heavy atom. The summed E-state index contributed by atoms with van der Waals surface area (Å²) in [5, 5.41) is 16.8. The normalized spacial score (nSPS) is 17.9. The second kappa shape index (κ2) is 8.88. The predicted molar refractivity (Wildman–Crippen MR) is 129 cm³/mol. The first kappa shape index (κ1) is 22.1. The zero-order valence-corrected chi connectivity index (χ0v) is 19.6. The van der Waals surface area contributed by atoms with Gasteiger partial charge in [-0.2, -0.15) is 0 Å². The van der Waals surface area contributed by atoms with Gasteiger partial charge in [-0.15, -0.1) is 11.3 Å². The summed E-state index contributed by atoms with van der Waals surface area (Å²) < 4.78 is 0. The molecule has 0 spiro atoms. The van der Waals surface area contributed by atoms with E-state index in [4.69, 9.17) is 4.98 Å². The number of likely N-dealkylation sites (tertiary alicyclic amines) is 1. The maximum Gasteiger partial charge on any atom is 0.258 e. The van der Waals surface area contributed by atoms with E-state index in [9.17, 15) is 9.90 Å². The summed E-state index contributed by atoms with van der Waals surface area (Å²) in [5.41, 5.74) is 2.24. The molecule has 0 radical (unpaired) electrons. The monoisotopic (exact) mass is 473 g/mol. The number of amides is 1. The van der Waals surface area contributed by atoms with E-state index in [0.29, 0.717) is 41.7 Å². The minimum atomic E-state index is -1.49. The number of likely N-dealkylation sites (N-methyl/N-ethyl adjacent to an activating group) is 1. The first-order chi connectivity index (χ1) is 16.5. The third-order valence-corrected chi connectivity index (χ3v) is 6.74. The molecule has 1 aromatic carbocycles. The number of thiazole rings is 1. The highest BCUT2D eigenvalue weighted by Crippen LogP contribution is 2.36. The molecule has 0 bridgehead atoms. The number of hydrogen-bond acceptors (Lipinski definition) is 9. The third-order valence-electron chi connectivity index (χ3n) is 5.84. The molecule has 34 heavy (non-hydrogen) atoms. The molecule has 9 nitrogen and oxygen atoms in total. The van der Waals surface area contributed by atoms with Crippen molar-refractivity contribution in [2.45, 2.75) is 25.4 Å². The predicted octanol–water partition coefficient (Wildman–Crippen LogP) is 3.41. The first-order valence-corrected chi connectivity index (χ1v) is 11.8. The number of hydrogen-bond donors (Lipinski definition) is 2. The zero-order chi connectivity index (χ0) is 23.7. The van der Waals surface area contributed by atoms with Crippen molar-refractivity contribution in [3.63, 3.8) is 0 Å². The minimum absolute atomic E-state index is 0.278. The van der Waals surface area contributed by atoms with Crippen LogP contribution in [-0.2, 0) is 16.8 Å². The van der Waals surface area contributed by atoms with Crippen LogP contribution in [0, 0.1) is 0 Å². The molecule has 1 fully saturated rings. The topological polar surface area (TPSA) is 117 Å². The molecule has 1 atom stereocenters. The number of aliphatic hydroxyl groups is 1. The Kier molecular flexibility index (Phi) is 5.76. The third kappa shape index (κ3) is 4.13. The van der Waals surface area contributed by atoms with Crippen molar-refractivity contribution < 1.29 is 9.90 Å². The van der Waals surface area contributed by atoms with Crippen molar-refractivity contribution in [2.75, 3.05) is 18.9 Å². The van der Waals surface area contributed by atoms with Gasteiger partial charge in [-0.05, 0) is 24.1 Å². The second-order valence-corrected chi connectivity index (χ2v) is 8.95. The van der Waals surface area contributed by atoms with Gasteiger partial charge >= 0.3 is 0 Å². The van der Waals surface area contributed by atoms with E-state index >= 15 is 0 Å². The lowest BCUT2D eigenvalue weighted by Gasteiger charge is -2.21. The van der Waals surface area contributed by atoms with E-state index < -0.39 is 5.60 Å². The Morgan fingerprint density at radius 2 is 2.03 bits per heavy atom. The molecule has 5 rings (SSSR count). The van der Waals surface area contributed by atoms with Crippen LogP contribution in [-0.4, -0.2) is 54.4 Å². The van der Waals surface area contributed by atoms with Crippen molar-refractivity contribution >= 4 is 29.0 Å². The molecular weight excluding hydrogens is 450 g/mol. The number of benzene rings is 1. The Bertz CT molecular complexity index is 1360. The van der Waals surface area contributed by atoms with E-state index in [0.717, 1.165) is 22.7 Å². The fourth-order valence-electron chi connectivity index (χ4n) is 3.89. The van der Waals surface area contributed by atoms with Gasteiger partial charge in [0.05, 0.1) is 5.69 Å². The van der Waals surface area contributed by atoms with E-state index in [1.54, 1.807) is 30.3 Å². The highest BCUT2D eigenvalue weighted by Gasteiger charge is 2.45. The summed E-state index contributed by atoms with van der Waals surface area (Å²) in [6.07, 6.45) is 4.37. The van der Waals surface area contributed by atoms with Crippen LogP contribution in [0.5, 0.6) is 0 Å². The first-order valence-electron chi connectivity index (χ1n) is 10.9. The molecular formula is C24H23N7O2S. The molecule has 0 saturated carbocycles. The summed E-state index contributed by atoms with van der Waals surface area (Å²) >= 11 is 1.47. The van der Waals surface area contributed by atoms with Gasteiger partial charge in [-0.1, -0.05) is 25.1 Å². The molecule has 1 saturated heterocycles. The van der Waals surface area contributed by atoms with E-state index in [1.807, 2.05) is 36.6 Å². The molecule has 1 amide bonds. The molecule has 0 aliphatic carbocycles. The number of carbonyl (C=O) groups excluding carboxylic acids is 1. The lowest BCUT2D eigenvalue weighted by Crippen LogP contribution is -2.36. The van der Waals surface area contributed by atoms with Crippen molar-refractivity contribution in [1.82, 2.24) is 29.8 Å². The highest BCUT2D eigenvalue weighted by molar-refractivity contribution is 7.13. The molecule has 3 aromatic heterocycles. The van der Waals surface area contributed by atoms with Gasteiger partial charge in [-0.25, -0.2) is 24.9 Å². The van der Waals surface area contributed by atoms with Gasteiger partial charge in [0.25, 0.3) is 5.91 Å². The summed E-state index contributed by atoms with van der Waals surface area (Å²) in [6, 6.07) is 11.1. The number of aryl methyl sites for hydroxylation is 1. The fourth-order valence-corrected chi connectivity index (χ4v) is 4.70. The van der Waals surface area contributed by atoms with Crippen LogP contribution in [0.25, 0.3) is 22.0 Å². The molecule has 4 aromatic rings. The van der Waals surface area contributed by atoms with Crippen molar-refractivity contribution in [3.05, 3.63) is 65.6 Å². The Hall–Kier alpha value is -3.76. The smallest absolute Gasteiger partial charge is 0.258 e. The van der Waals surface area contributed by atoms with Gasteiger partial charge in [0.15, 0.2) is 5.60 Å². The Balaban J connectivity index is 1.40. The molecule has 10 heteroatoms. The van der Waals surface area contributed by atoms with Crippen molar-refractivity contribution in [1.29, 1.82) is 0 Å². The minimum Gasteiger partial charge on any atom is -0.375 e. The number of rotatable bonds is 6. The average Bonchev–Trinajstić information content (AvgIpc) is 3.47. The second-order valence-electron chi connectivity index (χ2n) is 8.09. The SMILES string of the molecule is CCc1cc(Nc2nccc(-c3csc(-c4cccc([C@]5(O)CCN(C)C5=O)c4)n3)n2)ncn1. The van der Waals surface area contributed by atoms with Crippen molar-refractivity contribution in [3.8, 4) is 22.0 Å². The van der Waals surface area contributed by atoms with Crippen LogP contribution < -0.4 is 5.32 Å². The Morgan fingerprint density at radius 1 is 1.15 bits per heavy atom. The summed E-state index contributed by atoms with van der Waals surface area (Å²) in [4.78, 5) is 36.1. The molecule has 1 aliphatic heterocycles. The quantitative estimate of drug-likeness (QED) is 0.438. The van der Waals surface area contributed by atoms with Crippen LogP contribution in [0.1, 0.15) is 24.6 Å².